The maximum Gasteiger partial charge on any atom is 0.291 e. The highest BCUT2D eigenvalue weighted by Gasteiger charge is 2.20. The zero-order valence-electron chi connectivity index (χ0n) is 16.8. The van der Waals surface area contributed by atoms with Crippen molar-refractivity contribution in [2.75, 3.05) is 36.4 Å². The SMILES string of the molecule is CCC(=O)N1CCN(c2ccc(NC(=O)c3cc(=O)c4ccccc4o3)cc2)CC1. The van der Waals surface area contributed by atoms with E-state index in [1.54, 1.807) is 24.3 Å². The number of carbonyl (C=O) groups is 2. The second kappa shape index (κ2) is 8.41. The molecule has 1 N–H and O–H groups in total. The van der Waals surface area contributed by atoms with E-state index in [2.05, 4.69) is 10.2 Å². The summed E-state index contributed by atoms with van der Waals surface area (Å²) in [5.41, 5.74) is 1.78. The second-order valence-corrected chi connectivity index (χ2v) is 7.19. The number of rotatable bonds is 4. The predicted octanol–water partition coefficient (Wildman–Crippen LogP) is 3.10. The van der Waals surface area contributed by atoms with Gasteiger partial charge in [-0.05, 0) is 36.4 Å². The normalized spacial score (nSPS) is 14.0. The summed E-state index contributed by atoms with van der Waals surface area (Å²) in [6.07, 6.45) is 0.533. The summed E-state index contributed by atoms with van der Waals surface area (Å²) in [7, 11) is 0. The van der Waals surface area contributed by atoms with Gasteiger partial charge in [0, 0.05) is 50.0 Å². The van der Waals surface area contributed by atoms with Crippen LogP contribution in [0.1, 0.15) is 23.9 Å². The quantitative estimate of drug-likeness (QED) is 0.721. The minimum atomic E-state index is -0.475. The lowest BCUT2D eigenvalue weighted by molar-refractivity contribution is -0.131. The Balaban J connectivity index is 1.42. The number of carbonyl (C=O) groups excluding carboxylic acids is 2. The molecule has 2 aromatic carbocycles. The van der Waals surface area contributed by atoms with Crippen LogP contribution in [0.4, 0.5) is 11.4 Å². The van der Waals surface area contributed by atoms with Crippen LogP contribution in [0.25, 0.3) is 11.0 Å². The Kier molecular flexibility index (Phi) is 5.52. The second-order valence-electron chi connectivity index (χ2n) is 7.19. The lowest BCUT2D eigenvalue weighted by Gasteiger charge is -2.36. The van der Waals surface area contributed by atoms with Gasteiger partial charge in [-0.2, -0.15) is 0 Å². The summed E-state index contributed by atoms with van der Waals surface area (Å²) >= 11 is 0. The molecule has 0 radical (unpaired) electrons. The Morgan fingerprint density at radius 2 is 1.70 bits per heavy atom. The molecule has 1 saturated heterocycles. The molecule has 154 valence electrons. The average Bonchev–Trinajstić information content (AvgIpc) is 2.79. The predicted molar refractivity (Wildman–Crippen MR) is 116 cm³/mol. The fourth-order valence-electron chi connectivity index (χ4n) is 3.60. The minimum absolute atomic E-state index is 0.0283. The first-order valence-electron chi connectivity index (χ1n) is 10.0. The lowest BCUT2D eigenvalue weighted by Crippen LogP contribution is -2.48. The first-order chi connectivity index (χ1) is 14.5. The van der Waals surface area contributed by atoms with Gasteiger partial charge in [0.25, 0.3) is 5.91 Å². The molecule has 30 heavy (non-hydrogen) atoms. The van der Waals surface area contributed by atoms with Crippen LogP contribution < -0.4 is 15.6 Å². The Hall–Kier alpha value is -3.61. The third-order valence-electron chi connectivity index (χ3n) is 5.28. The molecule has 0 saturated carbocycles. The molecule has 1 aliphatic rings. The van der Waals surface area contributed by atoms with Gasteiger partial charge in [0.2, 0.25) is 5.91 Å². The maximum absolute atomic E-state index is 12.5. The summed E-state index contributed by atoms with van der Waals surface area (Å²) < 4.78 is 5.58. The monoisotopic (exact) mass is 405 g/mol. The number of amides is 2. The standard InChI is InChI=1S/C23H23N3O4/c1-2-22(28)26-13-11-25(12-14-26)17-9-7-16(8-10-17)24-23(29)21-15-19(27)18-5-3-4-6-20(18)30-21/h3-10,15H,2,11-14H2,1H3,(H,24,29). The van der Waals surface area contributed by atoms with Crippen molar-refractivity contribution < 1.29 is 14.0 Å². The molecular weight excluding hydrogens is 382 g/mol. The molecule has 7 heteroatoms. The zero-order valence-corrected chi connectivity index (χ0v) is 16.8. The number of para-hydroxylation sites is 1. The van der Waals surface area contributed by atoms with Crippen LogP contribution in [0.2, 0.25) is 0 Å². The van der Waals surface area contributed by atoms with Crippen LogP contribution in [0.5, 0.6) is 0 Å². The summed E-state index contributed by atoms with van der Waals surface area (Å²) in [6.45, 7) is 4.86. The number of hydrogen-bond acceptors (Lipinski definition) is 5. The Labute approximate surface area is 173 Å². The van der Waals surface area contributed by atoms with Gasteiger partial charge in [-0.1, -0.05) is 19.1 Å². The molecule has 0 unspecified atom stereocenters. The minimum Gasteiger partial charge on any atom is -0.451 e. The molecule has 2 amide bonds. The summed E-state index contributed by atoms with van der Waals surface area (Å²) in [6, 6.07) is 15.5. The van der Waals surface area contributed by atoms with E-state index in [9.17, 15) is 14.4 Å². The molecule has 0 atom stereocenters. The summed E-state index contributed by atoms with van der Waals surface area (Å²) in [4.78, 5) is 40.6. The molecule has 3 aromatic rings. The van der Waals surface area contributed by atoms with Crippen molar-refractivity contribution in [2.24, 2.45) is 0 Å². The summed E-state index contributed by atoms with van der Waals surface area (Å²) in [5, 5.41) is 3.21. The third kappa shape index (κ3) is 4.05. The number of piperazine rings is 1. The summed E-state index contributed by atoms with van der Waals surface area (Å²) in [5.74, 6) is -0.315. The van der Waals surface area contributed by atoms with Crippen molar-refractivity contribution in [3.63, 3.8) is 0 Å². The highest BCUT2D eigenvalue weighted by molar-refractivity contribution is 6.03. The van der Waals surface area contributed by atoms with E-state index >= 15 is 0 Å². The van der Waals surface area contributed by atoms with Crippen molar-refractivity contribution in [1.29, 1.82) is 0 Å². The Morgan fingerprint density at radius 1 is 1.00 bits per heavy atom. The fourth-order valence-corrected chi connectivity index (χ4v) is 3.60. The van der Waals surface area contributed by atoms with E-state index < -0.39 is 5.91 Å². The first-order valence-corrected chi connectivity index (χ1v) is 10.0. The number of benzene rings is 2. The molecule has 0 bridgehead atoms. The topological polar surface area (TPSA) is 82.9 Å². The van der Waals surface area contributed by atoms with Gasteiger partial charge >= 0.3 is 0 Å². The van der Waals surface area contributed by atoms with Crippen LogP contribution in [0.3, 0.4) is 0 Å². The Morgan fingerprint density at radius 3 is 2.40 bits per heavy atom. The van der Waals surface area contributed by atoms with Gasteiger partial charge in [-0.15, -0.1) is 0 Å². The molecule has 0 spiro atoms. The highest BCUT2D eigenvalue weighted by atomic mass is 16.3. The van der Waals surface area contributed by atoms with Gasteiger partial charge in [-0.3, -0.25) is 14.4 Å². The zero-order chi connectivity index (χ0) is 21.1. The average molecular weight is 405 g/mol. The van der Waals surface area contributed by atoms with Crippen LogP contribution >= 0.6 is 0 Å². The maximum atomic E-state index is 12.5. The van der Waals surface area contributed by atoms with Crippen molar-refractivity contribution in [3.8, 4) is 0 Å². The molecule has 1 fully saturated rings. The number of fused-ring (bicyclic) bond motifs is 1. The van der Waals surface area contributed by atoms with Gasteiger partial charge in [-0.25, -0.2) is 0 Å². The van der Waals surface area contributed by atoms with E-state index in [0.29, 0.717) is 36.2 Å². The number of nitrogens with zero attached hydrogens (tertiary/aromatic N) is 2. The van der Waals surface area contributed by atoms with Crippen molar-refractivity contribution in [2.45, 2.75) is 13.3 Å². The van der Waals surface area contributed by atoms with E-state index in [1.807, 2.05) is 36.1 Å². The number of nitrogens with one attached hydrogen (secondary N) is 1. The van der Waals surface area contributed by atoms with Crippen LogP contribution in [-0.4, -0.2) is 42.9 Å². The van der Waals surface area contributed by atoms with Gasteiger partial charge in [0.1, 0.15) is 5.58 Å². The molecule has 1 aliphatic heterocycles. The first kappa shape index (κ1) is 19.7. The van der Waals surface area contributed by atoms with E-state index in [-0.39, 0.29) is 17.1 Å². The number of hydrogen-bond donors (Lipinski definition) is 1. The molecule has 4 rings (SSSR count). The fraction of sp³-hybridized carbons (Fsp3) is 0.261. The highest BCUT2D eigenvalue weighted by Crippen LogP contribution is 2.20. The third-order valence-corrected chi connectivity index (χ3v) is 5.28. The van der Waals surface area contributed by atoms with Gasteiger partial charge < -0.3 is 19.5 Å². The Bertz CT molecular complexity index is 1130. The lowest BCUT2D eigenvalue weighted by atomic mass is 10.2. The van der Waals surface area contributed by atoms with E-state index in [1.165, 1.54) is 6.07 Å². The van der Waals surface area contributed by atoms with Crippen molar-refractivity contribution in [3.05, 3.63) is 70.6 Å². The smallest absolute Gasteiger partial charge is 0.291 e. The van der Waals surface area contributed by atoms with E-state index in [0.717, 1.165) is 18.8 Å². The molecule has 0 aliphatic carbocycles. The molecule has 2 heterocycles. The molecule has 1 aromatic heterocycles. The van der Waals surface area contributed by atoms with Gasteiger partial charge in [0.15, 0.2) is 11.2 Å². The largest absolute Gasteiger partial charge is 0.451 e. The van der Waals surface area contributed by atoms with Gasteiger partial charge in [0.05, 0.1) is 5.39 Å². The molecule has 7 nitrogen and oxygen atoms in total. The molecular formula is C23H23N3O4. The van der Waals surface area contributed by atoms with Crippen molar-refractivity contribution in [1.82, 2.24) is 4.90 Å². The van der Waals surface area contributed by atoms with Crippen LogP contribution in [0.15, 0.2) is 63.8 Å². The van der Waals surface area contributed by atoms with Crippen LogP contribution in [0, 0.1) is 0 Å². The van der Waals surface area contributed by atoms with Crippen LogP contribution in [-0.2, 0) is 4.79 Å². The number of anilines is 2. The van der Waals surface area contributed by atoms with E-state index in [4.69, 9.17) is 4.42 Å². The van der Waals surface area contributed by atoms with Crippen molar-refractivity contribution >= 4 is 34.2 Å².